The Labute approximate surface area is 122 Å². The van der Waals surface area contributed by atoms with Crippen molar-refractivity contribution in [1.82, 2.24) is 10.6 Å². The Bertz CT molecular complexity index is 556. The van der Waals surface area contributed by atoms with E-state index >= 15 is 0 Å². The highest BCUT2D eigenvalue weighted by atomic mass is 16.6. The van der Waals surface area contributed by atoms with Crippen LogP contribution in [0.3, 0.4) is 0 Å². The van der Waals surface area contributed by atoms with Crippen LogP contribution < -0.4 is 10.6 Å². The zero-order valence-electron chi connectivity index (χ0n) is 11.0. The van der Waals surface area contributed by atoms with Crippen LogP contribution in [0.25, 0.3) is 0 Å². The lowest BCUT2D eigenvalue weighted by molar-refractivity contribution is -0.150. The Morgan fingerprint density at radius 2 is 1.18 bits per heavy atom. The van der Waals surface area contributed by atoms with Crippen LogP contribution in [0.15, 0.2) is 12.2 Å². The minimum absolute atomic E-state index is 0.285. The number of nitrogens with one attached hydrogen (secondary N) is 2. The topological polar surface area (TPSA) is 145 Å². The molecule has 0 bridgehead atoms. The van der Waals surface area contributed by atoms with E-state index in [-0.39, 0.29) is 12.8 Å². The number of esters is 2. The van der Waals surface area contributed by atoms with Gasteiger partial charge in [0, 0.05) is 12.2 Å². The van der Waals surface area contributed by atoms with Crippen molar-refractivity contribution in [2.24, 2.45) is 0 Å². The SMILES string of the molecule is O=C1CC(OC(=O)/C=C/C(=O)OC2CC(=O)NC2=O)C(=O)N1. The molecule has 2 fully saturated rings. The molecule has 2 aliphatic heterocycles. The number of hydrogen-bond acceptors (Lipinski definition) is 8. The van der Waals surface area contributed by atoms with Crippen molar-refractivity contribution in [2.45, 2.75) is 25.0 Å². The Morgan fingerprint density at radius 1 is 0.818 bits per heavy atom. The first-order valence-corrected chi connectivity index (χ1v) is 6.12. The molecule has 2 saturated heterocycles. The van der Waals surface area contributed by atoms with E-state index < -0.39 is 47.8 Å². The van der Waals surface area contributed by atoms with Crippen molar-refractivity contribution < 1.29 is 38.2 Å². The Morgan fingerprint density at radius 3 is 1.45 bits per heavy atom. The molecular weight excluding hydrogens is 300 g/mol. The lowest BCUT2D eigenvalue weighted by Crippen LogP contribution is -2.28. The van der Waals surface area contributed by atoms with E-state index in [9.17, 15) is 28.8 Å². The molecule has 4 amide bonds. The lowest BCUT2D eigenvalue weighted by Gasteiger charge is -2.06. The molecule has 0 aromatic heterocycles. The maximum absolute atomic E-state index is 11.4. The minimum Gasteiger partial charge on any atom is -0.449 e. The summed E-state index contributed by atoms with van der Waals surface area (Å²) in [5, 5.41) is 3.89. The summed E-state index contributed by atoms with van der Waals surface area (Å²) in [4.78, 5) is 66.8. The standard InChI is InChI=1S/C12H10N2O8/c15-7-3-5(11(19)13-7)21-9(17)1-2-10(18)22-6-4-8(16)14-12(6)20/h1-2,5-6H,3-4H2,(H,13,15,19)(H,14,16,20)/b2-1+. The van der Waals surface area contributed by atoms with Crippen LogP contribution in [0, 0.1) is 0 Å². The van der Waals surface area contributed by atoms with E-state index in [1.165, 1.54) is 0 Å². The van der Waals surface area contributed by atoms with Gasteiger partial charge in [0.15, 0.2) is 12.2 Å². The van der Waals surface area contributed by atoms with Gasteiger partial charge in [0.05, 0.1) is 12.8 Å². The van der Waals surface area contributed by atoms with Gasteiger partial charge in [-0.2, -0.15) is 0 Å². The molecule has 0 spiro atoms. The number of ether oxygens (including phenoxy) is 2. The van der Waals surface area contributed by atoms with Crippen molar-refractivity contribution in [1.29, 1.82) is 0 Å². The highest BCUT2D eigenvalue weighted by Crippen LogP contribution is 2.08. The van der Waals surface area contributed by atoms with Crippen LogP contribution in [0.2, 0.25) is 0 Å². The second-order valence-corrected chi connectivity index (χ2v) is 4.42. The van der Waals surface area contributed by atoms with E-state index in [0.717, 1.165) is 0 Å². The van der Waals surface area contributed by atoms with Gasteiger partial charge in [-0.25, -0.2) is 9.59 Å². The second kappa shape index (κ2) is 6.16. The van der Waals surface area contributed by atoms with Crippen molar-refractivity contribution in [2.75, 3.05) is 0 Å². The fourth-order valence-electron chi connectivity index (χ4n) is 1.75. The predicted molar refractivity (Wildman–Crippen MR) is 64.4 cm³/mol. The first-order chi connectivity index (χ1) is 10.3. The number of carbonyl (C=O) groups is 6. The van der Waals surface area contributed by atoms with Crippen molar-refractivity contribution in [3.63, 3.8) is 0 Å². The van der Waals surface area contributed by atoms with Crippen LogP contribution in [0.4, 0.5) is 0 Å². The molecule has 2 atom stereocenters. The van der Waals surface area contributed by atoms with Crippen LogP contribution in [-0.2, 0) is 38.2 Å². The first-order valence-electron chi connectivity index (χ1n) is 6.12. The number of rotatable bonds is 4. The highest BCUT2D eigenvalue weighted by Gasteiger charge is 2.34. The van der Waals surface area contributed by atoms with Crippen molar-refractivity contribution in [3.05, 3.63) is 12.2 Å². The fraction of sp³-hybridized carbons (Fsp3) is 0.333. The Balaban J connectivity index is 1.81. The summed E-state index contributed by atoms with van der Waals surface area (Å²) in [6, 6.07) is 0. The van der Waals surface area contributed by atoms with Crippen molar-refractivity contribution >= 4 is 35.6 Å². The van der Waals surface area contributed by atoms with Gasteiger partial charge < -0.3 is 9.47 Å². The minimum atomic E-state index is -1.24. The molecule has 116 valence electrons. The van der Waals surface area contributed by atoms with Gasteiger partial charge >= 0.3 is 11.9 Å². The molecule has 10 heteroatoms. The average molecular weight is 310 g/mol. The first kappa shape index (κ1) is 15.4. The van der Waals surface area contributed by atoms with Gasteiger partial charge in [0.25, 0.3) is 11.8 Å². The number of amides is 4. The summed E-state index contributed by atoms with van der Waals surface area (Å²) in [5.74, 6) is -4.67. The molecule has 0 aromatic rings. The quantitative estimate of drug-likeness (QED) is 0.328. The van der Waals surface area contributed by atoms with Crippen LogP contribution >= 0.6 is 0 Å². The maximum atomic E-state index is 11.4. The van der Waals surface area contributed by atoms with Crippen LogP contribution in [0.5, 0.6) is 0 Å². The number of imide groups is 2. The van der Waals surface area contributed by atoms with E-state index in [4.69, 9.17) is 0 Å². The van der Waals surface area contributed by atoms with E-state index in [1.54, 1.807) is 0 Å². The molecule has 2 aliphatic rings. The second-order valence-electron chi connectivity index (χ2n) is 4.42. The normalized spacial score (nSPS) is 24.4. The van der Waals surface area contributed by atoms with Crippen LogP contribution in [-0.4, -0.2) is 47.8 Å². The van der Waals surface area contributed by atoms with E-state index in [2.05, 4.69) is 9.47 Å². The molecule has 2 N–H and O–H groups in total. The predicted octanol–water partition coefficient (Wildman–Crippen LogP) is -2.54. The molecule has 22 heavy (non-hydrogen) atoms. The molecule has 0 aliphatic carbocycles. The van der Waals surface area contributed by atoms with Gasteiger partial charge in [0.1, 0.15) is 0 Å². The average Bonchev–Trinajstić information content (AvgIpc) is 2.89. The molecule has 0 radical (unpaired) electrons. The molecule has 2 heterocycles. The zero-order chi connectivity index (χ0) is 16.3. The third-order valence-corrected chi connectivity index (χ3v) is 2.72. The Hall–Kier alpha value is -3.04. The molecular formula is C12H10N2O8. The van der Waals surface area contributed by atoms with E-state index in [0.29, 0.717) is 12.2 Å². The number of carbonyl (C=O) groups excluding carboxylic acids is 6. The Kier molecular flexibility index (Phi) is 4.30. The third-order valence-electron chi connectivity index (χ3n) is 2.72. The monoisotopic (exact) mass is 310 g/mol. The summed E-state index contributed by atoms with van der Waals surface area (Å²) in [7, 11) is 0. The summed E-state index contributed by atoms with van der Waals surface area (Å²) in [6.45, 7) is 0. The summed E-state index contributed by atoms with van der Waals surface area (Å²) >= 11 is 0. The van der Waals surface area contributed by atoms with Crippen molar-refractivity contribution in [3.8, 4) is 0 Å². The van der Waals surface area contributed by atoms with Gasteiger partial charge in [-0.1, -0.05) is 0 Å². The van der Waals surface area contributed by atoms with E-state index in [1.807, 2.05) is 10.6 Å². The largest absolute Gasteiger partial charge is 0.449 e. The van der Waals surface area contributed by atoms with Gasteiger partial charge in [-0.05, 0) is 0 Å². The molecule has 2 rings (SSSR count). The third kappa shape index (κ3) is 3.75. The zero-order valence-corrected chi connectivity index (χ0v) is 11.0. The molecule has 0 saturated carbocycles. The van der Waals surface area contributed by atoms with Gasteiger partial charge in [-0.3, -0.25) is 29.8 Å². The van der Waals surface area contributed by atoms with Gasteiger partial charge in [-0.15, -0.1) is 0 Å². The molecule has 2 unspecified atom stereocenters. The van der Waals surface area contributed by atoms with Gasteiger partial charge in [0.2, 0.25) is 11.8 Å². The smallest absolute Gasteiger partial charge is 0.331 e. The fourth-order valence-corrected chi connectivity index (χ4v) is 1.75. The molecule has 0 aromatic carbocycles. The lowest BCUT2D eigenvalue weighted by atomic mass is 10.3. The van der Waals surface area contributed by atoms with Crippen LogP contribution in [0.1, 0.15) is 12.8 Å². The summed E-state index contributed by atoms with van der Waals surface area (Å²) < 4.78 is 9.31. The highest BCUT2D eigenvalue weighted by molar-refractivity contribution is 6.07. The number of hydrogen-bond donors (Lipinski definition) is 2. The summed E-state index contributed by atoms with van der Waals surface area (Å²) in [5.41, 5.74) is 0. The maximum Gasteiger partial charge on any atom is 0.331 e. The summed E-state index contributed by atoms with van der Waals surface area (Å²) in [6.07, 6.45) is -1.67. The molecule has 10 nitrogen and oxygen atoms in total.